The van der Waals surface area contributed by atoms with Crippen LogP contribution in [0.15, 0.2) is 65.7 Å². The molecule has 0 aliphatic carbocycles. The lowest BCUT2D eigenvalue weighted by Gasteiger charge is -2.16. The summed E-state index contributed by atoms with van der Waals surface area (Å²) in [6, 6.07) is 13.8. The van der Waals surface area contributed by atoms with Crippen LogP contribution in [0.1, 0.15) is 45.9 Å². The predicted octanol–water partition coefficient (Wildman–Crippen LogP) is 6.78. The molecule has 0 fully saturated rings. The van der Waals surface area contributed by atoms with E-state index in [2.05, 4.69) is 29.0 Å². The average molecular weight is 577 g/mol. The van der Waals surface area contributed by atoms with Crippen LogP contribution in [0, 0.1) is 20.8 Å². The Morgan fingerprint density at radius 2 is 1.88 bits per heavy atom. The second kappa shape index (κ2) is 13.0. The number of nitrogens with zero attached hydrogens (tertiary/aromatic N) is 3. The summed E-state index contributed by atoms with van der Waals surface area (Å²) >= 11 is 2.54. The minimum absolute atomic E-state index is 0.0695. The molecule has 0 spiro atoms. The number of allylic oxidation sites excluding steroid dienone is 1. The minimum Gasteiger partial charge on any atom is -0.483 e. The lowest BCUT2D eigenvalue weighted by atomic mass is 10.0. The maximum atomic E-state index is 13.0. The summed E-state index contributed by atoms with van der Waals surface area (Å²) in [5, 5.41) is 14.4. The Kier molecular flexibility index (Phi) is 9.44. The fourth-order valence-corrected chi connectivity index (χ4v) is 5.77. The van der Waals surface area contributed by atoms with Gasteiger partial charge in [-0.15, -0.1) is 28.1 Å². The van der Waals surface area contributed by atoms with Crippen molar-refractivity contribution in [3.63, 3.8) is 0 Å². The molecule has 1 N–H and O–H groups in total. The van der Waals surface area contributed by atoms with E-state index in [0.717, 1.165) is 22.4 Å². The molecule has 40 heavy (non-hydrogen) atoms. The Labute approximate surface area is 242 Å². The number of rotatable bonds is 11. The number of aromatic nitrogens is 3. The van der Waals surface area contributed by atoms with Crippen LogP contribution in [0.4, 0.5) is 5.00 Å². The van der Waals surface area contributed by atoms with Crippen LogP contribution in [-0.2, 0) is 16.1 Å². The second-order valence-corrected chi connectivity index (χ2v) is 11.1. The van der Waals surface area contributed by atoms with Crippen molar-refractivity contribution in [2.75, 3.05) is 18.2 Å². The predicted molar refractivity (Wildman–Crippen MR) is 160 cm³/mol. The lowest BCUT2D eigenvalue weighted by molar-refractivity contribution is -0.113. The Hall–Kier alpha value is -3.89. The van der Waals surface area contributed by atoms with Crippen molar-refractivity contribution in [2.24, 2.45) is 0 Å². The second-order valence-electron chi connectivity index (χ2n) is 9.29. The highest BCUT2D eigenvalue weighted by atomic mass is 32.2. The third kappa shape index (κ3) is 6.63. The van der Waals surface area contributed by atoms with Crippen molar-refractivity contribution in [1.29, 1.82) is 0 Å². The number of carbonyl (C=O) groups is 2. The normalized spacial score (nSPS) is 11.6. The maximum absolute atomic E-state index is 13.0. The van der Waals surface area contributed by atoms with Crippen molar-refractivity contribution < 1.29 is 19.1 Å². The first-order valence-electron chi connectivity index (χ1n) is 12.7. The molecule has 208 valence electrons. The molecule has 1 atom stereocenters. The van der Waals surface area contributed by atoms with Crippen molar-refractivity contribution in [2.45, 2.75) is 45.5 Å². The number of thiophene rings is 1. The van der Waals surface area contributed by atoms with E-state index in [4.69, 9.17) is 9.47 Å². The quantitative estimate of drug-likeness (QED) is 0.120. The van der Waals surface area contributed by atoms with E-state index in [1.54, 1.807) is 6.08 Å². The Bertz CT molecular complexity index is 1530. The number of hydrogen-bond acceptors (Lipinski definition) is 8. The summed E-state index contributed by atoms with van der Waals surface area (Å²) in [4.78, 5) is 25.6. The van der Waals surface area contributed by atoms with Crippen molar-refractivity contribution in [1.82, 2.24) is 14.8 Å². The molecular weight excluding hydrogens is 544 g/mol. The summed E-state index contributed by atoms with van der Waals surface area (Å²) in [5.74, 6) is 0.671. The SMILES string of the molecule is C=CCn1c(SCC(=O)Nc2scc(-c3ccc(C)cc3)c2C(=O)OC)nnc1C(C)Oc1ccc(C)c(C)c1. The van der Waals surface area contributed by atoms with Crippen LogP contribution in [0.25, 0.3) is 11.1 Å². The fraction of sp³-hybridized carbons (Fsp3) is 0.267. The molecule has 1 unspecified atom stereocenters. The number of hydrogen-bond donors (Lipinski definition) is 1. The van der Waals surface area contributed by atoms with Gasteiger partial charge in [0.25, 0.3) is 0 Å². The Morgan fingerprint density at radius 1 is 1.12 bits per heavy atom. The van der Waals surface area contributed by atoms with Crippen LogP contribution >= 0.6 is 23.1 Å². The Morgan fingerprint density at radius 3 is 2.55 bits per heavy atom. The highest BCUT2D eigenvalue weighted by molar-refractivity contribution is 7.99. The van der Waals surface area contributed by atoms with Gasteiger partial charge in [0.1, 0.15) is 16.3 Å². The first-order valence-corrected chi connectivity index (χ1v) is 14.6. The first-order chi connectivity index (χ1) is 19.2. The van der Waals surface area contributed by atoms with E-state index in [1.807, 2.05) is 73.2 Å². The monoisotopic (exact) mass is 576 g/mol. The molecule has 2 aromatic carbocycles. The van der Waals surface area contributed by atoms with Gasteiger partial charge in [-0.1, -0.05) is 53.7 Å². The number of ether oxygens (including phenoxy) is 2. The number of amides is 1. The number of benzene rings is 2. The molecule has 0 bridgehead atoms. The van der Waals surface area contributed by atoms with E-state index in [0.29, 0.717) is 33.7 Å². The van der Waals surface area contributed by atoms with E-state index in [-0.39, 0.29) is 17.8 Å². The van der Waals surface area contributed by atoms with Gasteiger partial charge >= 0.3 is 5.97 Å². The summed E-state index contributed by atoms with van der Waals surface area (Å²) in [6.07, 6.45) is 1.38. The molecule has 10 heteroatoms. The van der Waals surface area contributed by atoms with E-state index >= 15 is 0 Å². The van der Waals surface area contributed by atoms with Gasteiger partial charge in [-0.25, -0.2) is 4.79 Å². The molecule has 4 aromatic rings. The average Bonchev–Trinajstić information content (AvgIpc) is 3.54. The van der Waals surface area contributed by atoms with Crippen LogP contribution in [0.3, 0.4) is 0 Å². The maximum Gasteiger partial charge on any atom is 0.341 e. The van der Waals surface area contributed by atoms with Gasteiger partial charge in [-0.3, -0.25) is 9.36 Å². The third-order valence-electron chi connectivity index (χ3n) is 6.34. The van der Waals surface area contributed by atoms with Crippen LogP contribution in [-0.4, -0.2) is 39.5 Å². The first kappa shape index (κ1) is 29.1. The number of anilines is 1. The molecule has 0 saturated carbocycles. The summed E-state index contributed by atoms with van der Waals surface area (Å²) in [5.41, 5.74) is 5.38. The zero-order chi connectivity index (χ0) is 28.8. The highest BCUT2D eigenvalue weighted by Crippen LogP contribution is 2.36. The minimum atomic E-state index is -0.507. The highest BCUT2D eigenvalue weighted by Gasteiger charge is 2.24. The molecule has 1 amide bonds. The molecule has 8 nitrogen and oxygen atoms in total. The van der Waals surface area contributed by atoms with Gasteiger partial charge < -0.3 is 14.8 Å². The summed E-state index contributed by atoms with van der Waals surface area (Å²) in [6.45, 7) is 12.3. The number of esters is 1. The summed E-state index contributed by atoms with van der Waals surface area (Å²) < 4.78 is 13.1. The fourth-order valence-electron chi connectivity index (χ4n) is 4.05. The molecule has 4 rings (SSSR count). The van der Waals surface area contributed by atoms with Crippen LogP contribution < -0.4 is 10.1 Å². The van der Waals surface area contributed by atoms with Crippen LogP contribution in [0.2, 0.25) is 0 Å². The third-order valence-corrected chi connectivity index (χ3v) is 8.20. The molecule has 0 saturated heterocycles. The number of aryl methyl sites for hydroxylation is 3. The molecule has 0 radical (unpaired) electrons. The largest absolute Gasteiger partial charge is 0.483 e. The van der Waals surface area contributed by atoms with Crippen molar-refractivity contribution >= 4 is 40.0 Å². The van der Waals surface area contributed by atoms with Crippen LogP contribution in [0.5, 0.6) is 5.75 Å². The standard InChI is InChI=1S/C30H32N4O4S2/c1-7-14-34-27(21(5)38-23-13-10-19(3)20(4)15-23)32-33-30(34)40-17-25(35)31-28-26(29(36)37-6)24(16-39-28)22-11-8-18(2)9-12-22/h7-13,15-16,21H,1,14,17H2,2-6H3,(H,31,35). The number of thioether (sulfide) groups is 1. The van der Waals surface area contributed by atoms with Crippen molar-refractivity contribution in [3.8, 4) is 16.9 Å². The number of carbonyl (C=O) groups excluding carboxylic acids is 2. The van der Waals surface area contributed by atoms with Gasteiger partial charge in [0, 0.05) is 17.5 Å². The van der Waals surface area contributed by atoms with E-state index < -0.39 is 5.97 Å². The number of methoxy groups -OCH3 is 1. The van der Waals surface area contributed by atoms with Gasteiger partial charge in [0.15, 0.2) is 17.1 Å². The molecule has 0 aliphatic heterocycles. The van der Waals surface area contributed by atoms with Gasteiger partial charge in [-0.2, -0.15) is 0 Å². The Balaban J connectivity index is 1.47. The zero-order valence-corrected chi connectivity index (χ0v) is 24.8. The van der Waals surface area contributed by atoms with Crippen molar-refractivity contribution in [3.05, 3.63) is 88.6 Å². The topological polar surface area (TPSA) is 95.3 Å². The van der Waals surface area contributed by atoms with Gasteiger partial charge in [0.05, 0.1) is 12.9 Å². The molecule has 2 aromatic heterocycles. The van der Waals surface area contributed by atoms with E-state index in [9.17, 15) is 9.59 Å². The number of nitrogens with one attached hydrogen (secondary N) is 1. The molecule has 0 aliphatic rings. The van der Waals surface area contributed by atoms with Gasteiger partial charge in [-0.05, 0) is 56.5 Å². The van der Waals surface area contributed by atoms with Gasteiger partial charge in [0.2, 0.25) is 5.91 Å². The summed E-state index contributed by atoms with van der Waals surface area (Å²) in [7, 11) is 1.33. The smallest absolute Gasteiger partial charge is 0.341 e. The molecule has 2 heterocycles. The lowest BCUT2D eigenvalue weighted by Crippen LogP contribution is -2.17. The zero-order valence-electron chi connectivity index (χ0n) is 23.2. The van der Waals surface area contributed by atoms with E-state index in [1.165, 1.54) is 35.8 Å². The molecular formula is C30H32N4O4S2.